The number of aromatic carboxylic acids is 1. The molecule has 5 nitrogen and oxygen atoms in total. The molecule has 0 saturated carbocycles. The van der Waals surface area contributed by atoms with Gasteiger partial charge in [0.1, 0.15) is 10.9 Å². The summed E-state index contributed by atoms with van der Waals surface area (Å²) in [5.41, 5.74) is 0.780. The van der Waals surface area contributed by atoms with Crippen LogP contribution in [0.4, 0.5) is 5.69 Å². The molecule has 0 aromatic carbocycles. The van der Waals surface area contributed by atoms with Gasteiger partial charge in [0.2, 0.25) is 5.76 Å². The van der Waals surface area contributed by atoms with Crippen LogP contribution in [-0.4, -0.2) is 16.1 Å². The standard InChI is InChI=1S/C11H9ClN2O3/c12-10-4-1-7(5-14-10)13-6-8-2-3-9(17-8)11(15)16/h1-5,13H,6H2,(H,15,16). The number of hydrogen-bond acceptors (Lipinski definition) is 4. The molecule has 0 bridgehead atoms. The Balaban J connectivity index is 1.97. The number of anilines is 1. The number of furan rings is 1. The van der Waals surface area contributed by atoms with Gasteiger partial charge in [0.25, 0.3) is 0 Å². The fourth-order valence-corrected chi connectivity index (χ4v) is 1.37. The van der Waals surface area contributed by atoms with E-state index in [0.29, 0.717) is 17.5 Å². The smallest absolute Gasteiger partial charge is 0.371 e. The average Bonchev–Trinajstić information content (AvgIpc) is 2.77. The molecule has 0 fully saturated rings. The first-order valence-corrected chi connectivity index (χ1v) is 5.20. The predicted octanol–water partition coefficient (Wildman–Crippen LogP) is 2.64. The Morgan fingerprint density at radius 2 is 2.24 bits per heavy atom. The summed E-state index contributed by atoms with van der Waals surface area (Å²) >= 11 is 5.64. The van der Waals surface area contributed by atoms with Crippen LogP contribution in [0.25, 0.3) is 0 Å². The molecule has 0 amide bonds. The largest absolute Gasteiger partial charge is 0.475 e. The van der Waals surface area contributed by atoms with Gasteiger partial charge in [-0.25, -0.2) is 9.78 Å². The van der Waals surface area contributed by atoms with Gasteiger partial charge in [0, 0.05) is 0 Å². The van der Waals surface area contributed by atoms with Gasteiger partial charge in [-0.15, -0.1) is 0 Å². The van der Waals surface area contributed by atoms with Gasteiger partial charge < -0.3 is 14.8 Å². The molecule has 2 heterocycles. The summed E-state index contributed by atoms with van der Waals surface area (Å²) in [5, 5.41) is 12.1. The van der Waals surface area contributed by atoms with Crippen LogP contribution in [0.3, 0.4) is 0 Å². The SMILES string of the molecule is O=C(O)c1ccc(CNc2ccc(Cl)nc2)o1. The number of rotatable bonds is 4. The van der Waals surface area contributed by atoms with E-state index in [9.17, 15) is 4.79 Å². The molecule has 17 heavy (non-hydrogen) atoms. The van der Waals surface area contributed by atoms with Crippen molar-refractivity contribution in [3.8, 4) is 0 Å². The Labute approximate surface area is 102 Å². The minimum Gasteiger partial charge on any atom is -0.475 e. The minimum atomic E-state index is -1.08. The molecule has 0 spiro atoms. The van der Waals surface area contributed by atoms with Crippen molar-refractivity contribution >= 4 is 23.3 Å². The number of nitrogens with zero attached hydrogens (tertiary/aromatic N) is 1. The summed E-state index contributed by atoms with van der Waals surface area (Å²) < 4.78 is 5.08. The van der Waals surface area contributed by atoms with Crippen LogP contribution in [-0.2, 0) is 6.54 Å². The molecule has 0 radical (unpaired) electrons. The van der Waals surface area contributed by atoms with Gasteiger partial charge >= 0.3 is 5.97 Å². The number of carboxylic acids is 1. The zero-order valence-corrected chi connectivity index (χ0v) is 9.44. The quantitative estimate of drug-likeness (QED) is 0.818. The third-order valence-corrected chi connectivity index (χ3v) is 2.29. The maximum absolute atomic E-state index is 10.6. The summed E-state index contributed by atoms with van der Waals surface area (Å²) in [5.74, 6) is -0.613. The Morgan fingerprint density at radius 3 is 2.82 bits per heavy atom. The molecule has 0 aliphatic rings. The molecule has 0 aliphatic heterocycles. The highest BCUT2D eigenvalue weighted by atomic mass is 35.5. The van der Waals surface area contributed by atoms with Crippen molar-refractivity contribution < 1.29 is 14.3 Å². The Bertz CT molecular complexity index is 522. The van der Waals surface area contributed by atoms with Gasteiger partial charge in [-0.05, 0) is 24.3 Å². The molecule has 2 aromatic heterocycles. The van der Waals surface area contributed by atoms with Gasteiger partial charge in [0.15, 0.2) is 0 Å². The van der Waals surface area contributed by atoms with Gasteiger partial charge in [-0.1, -0.05) is 11.6 Å². The highest BCUT2D eigenvalue weighted by Gasteiger charge is 2.08. The van der Waals surface area contributed by atoms with Crippen LogP contribution < -0.4 is 5.32 Å². The highest BCUT2D eigenvalue weighted by molar-refractivity contribution is 6.29. The Kier molecular flexibility index (Phi) is 3.30. The third-order valence-electron chi connectivity index (χ3n) is 2.07. The van der Waals surface area contributed by atoms with E-state index in [1.807, 2.05) is 0 Å². The molecule has 0 atom stereocenters. The lowest BCUT2D eigenvalue weighted by atomic mass is 10.4. The molecule has 0 saturated heterocycles. The van der Waals surface area contributed by atoms with E-state index in [2.05, 4.69) is 10.3 Å². The number of hydrogen-bond donors (Lipinski definition) is 2. The van der Waals surface area contributed by atoms with Gasteiger partial charge in [-0.2, -0.15) is 0 Å². The van der Waals surface area contributed by atoms with Crippen molar-refractivity contribution in [1.82, 2.24) is 4.98 Å². The van der Waals surface area contributed by atoms with E-state index >= 15 is 0 Å². The zero-order valence-electron chi connectivity index (χ0n) is 8.68. The maximum atomic E-state index is 10.6. The molecular formula is C11H9ClN2O3. The summed E-state index contributed by atoms with van der Waals surface area (Å²) in [6, 6.07) is 6.46. The van der Waals surface area contributed by atoms with Crippen LogP contribution in [0, 0.1) is 0 Å². The number of carboxylic acid groups (broad SMARTS) is 1. The highest BCUT2D eigenvalue weighted by Crippen LogP contribution is 2.13. The average molecular weight is 253 g/mol. The molecule has 6 heteroatoms. The van der Waals surface area contributed by atoms with E-state index in [4.69, 9.17) is 21.1 Å². The van der Waals surface area contributed by atoms with E-state index in [0.717, 1.165) is 5.69 Å². The number of aromatic nitrogens is 1. The van der Waals surface area contributed by atoms with Gasteiger partial charge in [-0.3, -0.25) is 0 Å². The second-order valence-electron chi connectivity index (χ2n) is 3.29. The van der Waals surface area contributed by atoms with Crippen LogP contribution in [0.1, 0.15) is 16.3 Å². The lowest BCUT2D eigenvalue weighted by Gasteiger charge is -2.03. The summed E-state index contributed by atoms with van der Waals surface area (Å²) in [4.78, 5) is 14.5. The number of carbonyl (C=O) groups is 1. The lowest BCUT2D eigenvalue weighted by Crippen LogP contribution is -1.98. The lowest BCUT2D eigenvalue weighted by molar-refractivity contribution is 0.0660. The monoisotopic (exact) mass is 252 g/mol. The zero-order chi connectivity index (χ0) is 12.3. The van der Waals surface area contributed by atoms with Crippen LogP contribution >= 0.6 is 11.6 Å². The first-order valence-electron chi connectivity index (χ1n) is 4.82. The molecule has 2 rings (SSSR count). The summed E-state index contributed by atoms with van der Waals surface area (Å²) in [6.07, 6.45) is 1.59. The van der Waals surface area contributed by atoms with E-state index in [-0.39, 0.29) is 5.76 Å². The first kappa shape index (κ1) is 11.5. The van der Waals surface area contributed by atoms with E-state index < -0.39 is 5.97 Å². The summed E-state index contributed by atoms with van der Waals surface area (Å²) in [6.45, 7) is 0.386. The predicted molar refractivity (Wildman–Crippen MR) is 62.2 cm³/mol. The molecule has 0 unspecified atom stereocenters. The van der Waals surface area contributed by atoms with Crippen molar-refractivity contribution in [2.45, 2.75) is 6.54 Å². The van der Waals surface area contributed by atoms with Crippen molar-refractivity contribution in [1.29, 1.82) is 0 Å². The van der Waals surface area contributed by atoms with Gasteiger partial charge in [0.05, 0.1) is 18.4 Å². The Morgan fingerprint density at radius 1 is 1.41 bits per heavy atom. The molecule has 88 valence electrons. The number of halogens is 1. The second kappa shape index (κ2) is 4.88. The van der Waals surface area contributed by atoms with E-state index in [1.54, 1.807) is 24.4 Å². The molecule has 0 aliphatic carbocycles. The normalized spacial score (nSPS) is 10.2. The fraction of sp³-hybridized carbons (Fsp3) is 0.0909. The minimum absolute atomic E-state index is 0.0731. The van der Waals surface area contributed by atoms with Crippen molar-refractivity contribution in [2.24, 2.45) is 0 Å². The second-order valence-corrected chi connectivity index (χ2v) is 3.68. The summed E-state index contributed by atoms with van der Waals surface area (Å²) in [7, 11) is 0. The first-order chi connectivity index (χ1) is 8.15. The maximum Gasteiger partial charge on any atom is 0.371 e. The molecule has 2 N–H and O–H groups in total. The van der Waals surface area contributed by atoms with Crippen molar-refractivity contribution in [3.05, 3.63) is 47.1 Å². The fourth-order valence-electron chi connectivity index (χ4n) is 1.26. The third kappa shape index (κ3) is 2.98. The number of nitrogens with one attached hydrogen (secondary N) is 1. The van der Waals surface area contributed by atoms with Crippen LogP contribution in [0.2, 0.25) is 5.15 Å². The van der Waals surface area contributed by atoms with Crippen molar-refractivity contribution in [2.75, 3.05) is 5.32 Å². The number of pyridine rings is 1. The Hall–Kier alpha value is -2.01. The van der Waals surface area contributed by atoms with Crippen molar-refractivity contribution in [3.63, 3.8) is 0 Å². The molecule has 2 aromatic rings. The van der Waals surface area contributed by atoms with Crippen LogP contribution in [0.5, 0.6) is 0 Å². The van der Waals surface area contributed by atoms with Crippen LogP contribution in [0.15, 0.2) is 34.9 Å². The molecular weight excluding hydrogens is 244 g/mol. The topological polar surface area (TPSA) is 75.4 Å². The van der Waals surface area contributed by atoms with E-state index in [1.165, 1.54) is 6.07 Å².